The maximum absolute atomic E-state index is 8.89. The Morgan fingerprint density at radius 2 is 1.02 bits per heavy atom. The Morgan fingerprint density at radius 1 is 0.432 bits per heavy atom. The van der Waals surface area contributed by atoms with E-state index in [0.29, 0.717) is 11.1 Å². The van der Waals surface area contributed by atoms with Crippen LogP contribution in [-0.4, -0.2) is 0 Å². The predicted molar refractivity (Wildman–Crippen MR) is 187 cm³/mol. The first-order valence-electron chi connectivity index (χ1n) is 15.8. The summed E-state index contributed by atoms with van der Waals surface area (Å²) in [7, 11) is 0. The fourth-order valence-electron chi connectivity index (χ4n) is 5.83. The number of para-hydroxylation sites is 2. The van der Waals surface area contributed by atoms with Crippen molar-refractivity contribution in [2.45, 2.75) is 0 Å². The Bertz CT molecular complexity index is 2370. The van der Waals surface area contributed by atoms with Gasteiger partial charge in [0.15, 0.2) is 0 Å². The molecule has 8 aromatic rings. The molecule has 44 heavy (non-hydrogen) atoms. The fourth-order valence-corrected chi connectivity index (χ4v) is 5.83. The smallest absolute Gasteiger partial charge is 0.135 e. The van der Waals surface area contributed by atoms with Crippen molar-refractivity contribution in [3.63, 3.8) is 0 Å². The maximum atomic E-state index is 8.89. The Morgan fingerprint density at radius 3 is 1.82 bits per heavy atom. The topological polar surface area (TPSA) is 16.4 Å². The van der Waals surface area contributed by atoms with Crippen LogP contribution in [0.2, 0.25) is 0 Å². The van der Waals surface area contributed by atoms with Gasteiger partial charge in [0.05, 0.1) is 2.74 Å². The van der Waals surface area contributed by atoms with Crippen LogP contribution in [0.25, 0.3) is 55.9 Å². The SMILES string of the molecule is [2H]/C(=C(/[2H])c1ccc(N(c2ccccc2)c2ccc3ccccc3c2)cc1)c1ccc(-c2ccc3oc4ccccc4c3c2)cc1. The summed E-state index contributed by atoms with van der Waals surface area (Å²) in [4.78, 5) is 2.22. The molecule has 8 rings (SSSR count). The molecule has 1 heterocycles. The lowest BCUT2D eigenvalue weighted by molar-refractivity contribution is 0.669. The van der Waals surface area contributed by atoms with Gasteiger partial charge in [-0.15, -0.1) is 0 Å². The number of rotatable bonds is 6. The van der Waals surface area contributed by atoms with Crippen molar-refractivity contribution in [3.05, 3.63) is 175 Å². The van der Waals surface area contributed by atoms with Gasteiger partial charge >= 0.3 is 0 Å². The van der Waals surface area contributed by atoms with Crippen LogP contribution in [-0.2, 0) is 0 Å². The number of furan rings is 1. The van der Waals surface area contributed by atoms with Gasteiger partial charge in [-0.3, -0.25) is 0 Å². The molecule has 2 nitrogen and oxygen atoms in total. The van der Waals surface area contributed by atoms with Gasteiger partial charge in [0.1, 0.15) is 11.2 Å². The molecule has 0 atom stereocenters. The summed E-state index contributed by atoms with van der Waals surface area (Å²) in [6, 6.07) is 55.6. The molecule has 0 saturated heterocycles. The number of hydrogen-bond acceptors (Lipinski definition) is 2. The molecule has 208 valence electrons. The van der Waals surface area contributed by atoms with Gasteiger partial charge in [-0.1, -0.05) is 121 Å². The summed E-state index contributed by atoms with van der Waals surface area (Å²) in [6.45, 7) is 0. The largest absolute Gasteiger partial charge is 0.456 e. The lowest BCUT2D eigenvalue weighted by Gasteiger charge is -2.26. The lowest BCUT2D eigenvalue weighted by atomic mass is 10.0. The van der Waals surface area contributed by atoms with E-state index in [1.165, 1.54) is 10.8 Å². The molecule has 0 N–H and O–H groups in total. The van der Waals surface area contributed by atoms with Gasteiger partial charge in [-0.2, -0.15) is 0 Å². The predicted octanol–water partition coefficient (Wildman–Crippen LogP) is 12.0. The number of fused-ring (bicyclic) bond motifs is 4. The van der Waals surface area contributed by atoms with E-state index in [9.17, 15) is 0 Å². The molecular formula is C42H29NO. The summed E-state index contributed by atoms with van der Waals surface area (Å²) in [5.41, 5.74) is 8.37. The van der Waals surface area contributed by atoms with Gasteiger partial charge in [0, 0.05) is 27.8 Å². The van der Waals surface area contributed by atoms with E-state index in [4.69, 9.17) is 7.16 Å². The molecule has 7 aromatic carbocycles. The first-order chi connectivity index (χ1) is 22.6. The Kier molecular flexibility index (Phi) is 5.97. The van der Waals surface area contributed by atoms with Crippen molar-refractivity contribution in [1.29, 1.82) is 0 Å². The van der Waals surface area contributed by atoms with E-state index in [1.54, 1.807) is 0 Å². The highest BCUT2D eigenvalue weighted by Crippen LogP contribution is 2.36. The van der Waals surface area contributed by atoms with Crippen LogP contribution >= 0.6 is 0 Å². The van der Waals surface area contributed by atoms with Crippen molar-refractivity contribution in [2.24, 2.45) is 0 Å². The molecule has 0 aliphatic heterocycles. The van der Waals surface area contributed by atoms with E-state index in [0.717, 1.165) is 50.1 Å². The van der Waals surface area contributed by atoms with E-state index >= 15 is 0 Å². The molecular weight excluding hydrogens is 534 g/mol. The van der Waals surface area contributed by atoms with Gasteiger partial charge in [0.25, 0.3) is 0 Å². The van der Waals surface area contributed by atoms with Gasteiger partial charge in [-0.25, -0.2) is 0 Å². The minimum Gasteiger partial charge on any atom is -0.456 e. The number of nitrogens with zero attached hydrogens (tertiary/aromatic N) is 1. The summed E-state index contributed by atoms with van der Waals surface area (Å²) < 4.78 is 23.7. The van der Waals surface area contributed by atoms with Crippen LogP contribution in [0.5, 0.6) is 0 Å². The quantitative estimate of drug-likeness (QED) is 0.186. The van der Waals surface area contributed by atoms with E-state index < -0.39 is 0 Å². The van der Waals surface area contributed by atoms with Crippen molar-refractivity contribution in [1.82, 2.24) is 0 Å². The second kappa shape index (κ2) is 11.1. The van der Waals surface area contributed by atoms with Crippen molar-refractivity contribution >= 4 is 61.9 Å². The van der Waals surface area contributed by atoms with Crippen LogP contribution in [0.3, 0.4) is 0 Å². The molecule has 0 aliphatic carbocycles. The van der Waals surface area contributed by atoms with Crippen molar-refractivity contribution < 1.29 is 7.16 Å². The zero-order valence-corrected chi connectivity index (χ0v) is 23.9. The summed E-state index contributed by atoms with van der Waals surface area (Å²) >= 11 is 0. The van der Waals surface area contributed by atoms with E-state index in [2.05, 4.69) is 77.7 Å². The first-order valence-corrected chi connectivity index (χ1v) is 14.8. The van der Waals surface area contributed by atoms with Gasteiger partial charge in [0.2, 0.25) is 0 Å². The molecule has 0 radical (unpaired) electrons. The highest BCUT2D eigenvalue weighted by Gasteiger charge is 2.13. The van der Waals surface area contributed by atoms with Crippen molar-refractivity contribution in [3.8, 4) is 11.1 Å². The van der Waals surface area contributed by atoms with Crippen LogP contribution < -0.4 is 4.90 Å². The Labute approximate surface area is 259 Å². The molecule has 0 unspecified atom stereocenters. The molecule has 2 heteroatoms. The lowest BCUT2D eigenvalue weighted by Crippen LogP contribution is -2.09. The summed E-state index contributed by atoms with van der Waals surface area (Å²) in [5, 5.41) is 4.56. The number of hydrogen-bond donors (Lipinski definition) is 0. The Hall–Kier alpha value is -5.86. The van der Waals surface area contributed by atoms with Crippen LogP contribution in [0, 0.1) is 0 Å². The number of anilines is 3. The second-order valence-corrected chi connectivity index (χ2v) is 10.9. The van der Waals surface area contributed by atoms with Crippen LogP contribution in [0.15, 0.2) is 168 Å². The molecule has 0 amide bonds. The summed E-state index contributed by atoms with van der Waals surface area (Å²) in [6.07, 6.45) is 0. The molecule has 0 bridgehead atoms. The third-order valence-corrected chi connectivity index (χ3v) is 8.08. The minimum atomic E-state index is 0.183. The van der Waals surface area contributed by atoms with Gasteiger partial charge < -0.3 is 9.32 Å². The molecule has 0 fully saturated rings. The van der Waals surface area contributed by atoms with Crippen LogP contribution in [0.1, 0.15) is 13.9 Å². The molecule has 0 spiro atoms. The van der Waals surface area contributed by atoms with E-state index in [-0.39, 0.29) is 12.1 Å². The highest BCUT2D eigenvalue weighted by molar-refractivity contribution is 6.06. The number of benzene rings is 7. The summed E-state index contributed by atoms with van der Waals surface area (Å²) in [5.74, 6) is 0. The average Bonchev–Trinajstić information content (AvgIpc) is 3.50. The normalized spacial score (nSPS) is 12.6. The third-order valence-electron chi connectivity index (χ3n) is 8.08. The highest BCUT2D eigenvalue weighted by atomic mass is 16.3. The fraction of sp³-hybridized carbons (Fsp3) is 0. The molecule has 0 aliphatic rings. The van der Waals surface area contributed by atoms with E-state index in [1.807, 2.05) is 91.0 Å². The van der Waals surface area contributed by atoms with Gasteiger partial charge in [-0.05, 0) is 87.6 Å². The second-order valence-electron chi connectivity index (χ2n) is 10.9. The standard InChI is InChI=1S/C42H29NO/c1-2-10-36(11-3-1)43(38-26-22-32-8-4-5-9-34(32)28-38)37-24-18-31(19-25-37)15-14-30-16-20-33(21-17-30)35-23-27-42-40(29-35)39-12-6-7-13-41(39)44-42/h1-29H/b15-14+/i14D,15D. The average molecular weight is 566 g/mol. The van der Waals surface area contributed by atoms with Crippen molar-refractivity contribution in [2.75, 3.05) is 4.90 Å². The first kappa shape index (κ1) is 23.7. The molecule has 1 aromatic heterocycles. The minimum absolute atomic E-state index is 0.183. The third kappa shape index (κ3) is 4.93. The molecule has 0 saturated carbocycles. The zero-order valence-electron chi connectivity index (χ0n) is 25.9. The monoisotopic (exact) mass is 565 g/mol. The maximum Gasteiger partial charge on any atom is 0.135 e. The van der Waals surface area contributed by atoms with Crippen LogP contribution in [0.4, 0.5) is 17.1 Å². The Balaban J connectivity index is 1.09. The zero-order chi connectivity index (χ0) is 31.0.